The number of aryl methyl sites for hydroxylation is 1. The van der Waals surface area contributed by atoms with E-state index >= 15 is 0 Å². The van der Waals surface area contributed by atoms with E-state index in [0.717, 1.165) is 36.1 Å². The Bertz CT molecular complexity index is 947. The first kappa shape index (κ1) is 26.4. The third-order valence-electron chi connectivity index (χ3n) is 5.76. The Morgan fingerprint density at radius 1 is 0.829 bits per heavy atom. The Labute approximate surface area is 207 Å². The smallest absolute Gasteiger partial charge is 0.344 e. The number of benzene rings is 3. The van der Waals surface area contributed by atoms with Gasteiger partial charge in [-0.2, -0.15) is 0 Å². The lowest BCUT2D eigenvalue weighted by Crippen LogP contribution is -2.34. The van der Waals surface area contributed by atoms with Crippen LogP contribution < -0.4 is 4.74 Å². The molecule has 0 heterocycles. The first-order valence-corrected chi connectivity index (χ1v) is 12.1. The molecule has 0 aliphatic rings. The molecular formula is C29H35NO5. The summed E-state index contributed by atoms with van der Waals surface area (Å²) in [6.45, 7) is 3.61. The number of aliphatic hydroxyl groups excluding tert-OH is 2. The van der Waals surface area contributed by atoms with Gasteiger partial charge in [0.2, 0.25) is 0 Å². The van der Waals surface area contributed by atoms with Crippen LogP contribution in [-0.2, 0) is 16.0 Å². The van der Waals surface area contributed by atoms with Gasteiger partial charge >= 0.3 is 5.97 Å². The predicted octanol–water partition coefficient (Wildman–Crippen LogP) is 4.33. The molecule has 0 aromatic heterocycles. The van der Waals surface area contributed by atoms with Crippen molar-refractivity contribution in [3.05, 3.63) is 102 Å². The monoisotopic (exact) mass is 477 g/mol. The average Bonchev–Trinajstić information content (AvgIpc) is 2.89. The second kappa shape index (κ2) is 14.3. The van der Waals surface area contributed by atoms with E-state index in [1.165, 1.54) is 0 Å². The molecule has 2 N–H and O–H groups in total. The maximum absolute atomic E-state index is 11.4. The van der Waals surface area contributed by atoms with Gasteiger partial charge in [-0.1, -0.05) is 72.8 Å². The summed E-state index contributed by atoms with van der Waals surface area (Å²) >= 11 is 0. The van der Waals surface area contributed by atoms with Crippen LogP contribution in [0.25, 0.3) is 0 Å². The van der Waals surface area contributed by atoms with Crippen LogP contribution in [0.15, 0.2) is 84.9 Å². The SMILES string of the molecule is CCOC(=O)COc1ccc(CCCN(C[C@@H](O)c2ccccc2)C[C@@H](O)c2ccccc2)cc1. The van der Waals surface area contributed by atoms with E-state index in [4.69, 9.17) is 9.47 Å². The van der Waals surface area contributed by atoms with E-state index in [1.807, 2.05) is 84.9 Å². The predicted molar refractivity (Wildman–Crippen MR) is 136 cm³/mol. The molecule has 3 aromatic carbocycles. The fourth-order valence-corrected chi connectivity index (χ4v) is 3.91. The molecule has 0 saturated heterocycles. The summed E-state index contributed by atoms with van der Waals surface area (Å²) in [5.41, 5.74) is 2.89. The number of carbonyl (C=O) groups excluding carboxylic acids is 1. The summed E-state index contributed by atoms with van der Waals surface area (Å²) in [6, 6.07) is 26.9. The van der Waals surface area contributed by atoms with E-state index in [2.05, 4.69) is 4.90 Å². The lowest BCUT2D eigenvalue weighted by molar-refractivity contribution is -0.145. The van der Waals surface area contributed by atoms with Crippen LogP contribution >= 0.6 is 0 Å². The van der Waals surface area contributed by atoms with Crippen molar-refractivity contribution in [3.63, 3.8) is 0 Å². The molecular weight excluding hydrogens is 442 g/mol. The Hall–Kier alpha value is -3.19. The van der Waals surface area contributed by atoms with E-state index in [0.29, 0.717) is 25.4 Å². The van der Waals surface area contributed by atoms with Crippen LogP contribution in [0.1, 0.15) is 42.2 Å². The summed E-state index contributed by atoms with van der Waals surface area (Å²) in [6.07, 6.45) is 0.453. The zero-order valence-corrected chi connectivity index (χ0v) is 20.3. The molecule has 3 rings (SSSR count). The summed E-state index contributed by atoms with van der Waals surface area (Å²) in [5, 5.41) is 21.5. The fraction of sp³-hybridized carbons (Fsp3) is 0.345. The number of rotatable bonds is 14. The Morgan fingerprint density at radius 3 is 1.89 bits per heavy atom. The highest BCUT2D eigenvalue weighted by atomic mass is 16.6. The van der Waals surface area contributed by atoms with Crippen LogP contribution in [0.3, 0.4) is 0 Å². The minimum Gasteiger partial charge on any atom is -0.482 e. The Kier molecular flexibility index (Phi) is 10.8. The van der Waals surface area contributed by atoms with Gasteiger partial charge in [-0.3, -0.25) is 4.90 Å². The molecule has 0 spiro atoms. The normalized spacial score (nSPS) is 12.8. The van der Waals surface area contributed by atoms with Crippen LogP contribution in [-0.4, -0.2) is 53.9 Å². The van der Waals surface area contributed by atoms with Gasteiger partial charge in [-0.15, -0.1) is 0 Å². The van der Waals surface area contributed by atoms with Crippen molar-refractivity contribution < 1.29 is 24.5 Å². The number of hydrogen-bond acceptors (Lipinski definition) is 6. The first-order chi connectivity index (χ1) is 17.0. The highest BCUT2D eigenvalue weighted by molar-refractivity contribution is 5.71. The molecule has 2 atom stereocenters. The molecule has 186 valence electrons. The van der Waals surface area contributed by atoms with Gasteiger partial charge < -0.3 is 19.7 Å². The summed E-state index contributed by atoms with van der Waals surface area (Å²) < 4.78 is 10.3. The lowest BCUT2D eigenvalue weighted by atomic mass is 10.1. The third-order valence-corrected chi connectivity index (χ3v) is 5.76. The molecule has 0 unspecified atom stereocenters. The number of ether oxygens (including phenoxy) is 2. The standard InChI is InChI=1S/C29H35NO5/c1-2-34-29(33)22-35-26-17-15-23(16-18-26)10-9-19-30(20-27(31)24-11-5-3-6-12-24)21-28(32)25-13-7-4-8-14-25/h3-8,11-18,27-28,31-32H,2,9-10,19-22H2,1H3/t27-,28-/m1/s1. The molecule has 0 aliphatic carbocycles. The molecule has 0 radical (unpaired) electrons. The minimum absolute atomic E-state index is 0.102. The van der Waals surface area contributed by atoms with Crippen molar-refractivity contribution in [2.45, 2.75) is 32.0 Å². The van der Waals surface area contributed by atoms with Gasteiger partial charge in [0.15, 0.2) is 6.61 Å². The van der Waals surface area contributed by atoms with Crippen LogP contribution in [0, 0.1) is 0 Å². The zero-order chi connectivity index (χ0) is 24.9. The van der Waals surface area contributed by atoms with Crippen molar-refractivity contribution >= 4 is 5.97 Å². The number of aliphatic hydroxyl groups is 2. The lowest BCUT2D eigenvalue weighted by Gasteiger charge is -2.27. The topological polar surface area (TPSA) is 79.2 Å². The van der Waals surface area contributed by atoms with Gasteiger partial charge in [0.25, 0.3) is 0 Å². The number of hydrogen-bond donors (Lipinski definition) is 2. The largest absolute Gasteiger partial charge is 0.482 e. The van der Waals surface area contributed by atoms with E-state index in [1.54, 1.807) is 6.92 Å². The second-order valence-electron chi connectivity index (χ2n) is 8.45. The van der Waals surface area contributed by atoms with Crippen molar-refractivity contribution in [2.24, 2.45) is 0 Å². The molecule has 3 aromatic rings. The molecule has 6 nitrogen and oxygen atoms in total. The second-order valence-corrected chi connectivity index (χ2v) is 8.45. The van der Waals surface area contributed by atoms with Gasteiger partial charge in [-0.25, -0.2) is 4.79 Å². The molecule has 6 heteroatoms. The zero-order valence-electron chi connectivity index (χ0n) is 20.3. The van der Waals surface area contributed by atoms with E-state index in [9.17, 15) is 15.0 Å². The molecule has 35 heavy (non-hydrogen) atoms. The van der Waals surface area contributed by atoms with Gasteiger partial charge in [0.1, 0.15) is 5.75 Å². The minimum atomic E-state index is -0.630. The van der Waals surface area contributed by atoms with Gasteiger partial charge in [0.05, 0.1) is 18.8 Å². The van der Waals surface area contributed by atoms with Crippen molar-refractivity contribution in [2.75, 3.05) is 32.8 Å². The fourth-order valence-electron chi connectivity index (χ4n) is 3.91. The number of carbonyl (C=O) groups is 1. The third kappa shape index (κ3) is 9.17. The molecule has 0 aliphatic heterocycles. The van der Waals surface area contributed by atoms with Crippen LogP contribution in [0.5, 0.6) is 5.75 Å². The van der Waals surface area contributed by atoms with E-state index < -0.39 is 12.2 Å². The molecule has 0 fully saturated rings. The maximum Gasteiger partial charge on any atom is 0.344 e. The quantitative estimate of drug-likeness (QED) is 0.337. The summed E-state index contributed by atoms with van der Waals surface area (Å²) in [5.74, 6) is 0.243. The summed E-state index contributed by atoms with van der Waals surface area (Å²) in [4.78, 5) is 13.6. The van der Waals surface area contributed by atoms with E-state index in [-0.39, 0.29) is 12.6 Å². The molecule has 0 bridgehead atoms. The maximum atomic E-state index is 11.4. The van der Waals surface area contributed by atoms with Crippen molar-refractivity contribution in [3.8, 4) is 5.75 Å². The van der Waals surface area contributed by atoms with Gasteiger partial charge in [0, 0.05) is 13.1 Å². The number of nitrogens with zero attached hydrogens (tertiary/aromatic N) is 1. The van der Waals surface area contributed by atoms with Gasteiger partial charge in [-0.05, 0) is 55.1 Å². The van der Waals surface area contributed by atoms with Crippen LogP contribution in [0.2, 0.25) is 0 Å². The highest BCUT2D eigenvalue weighted by Gasteiger charge is 2.18. The number of esters is 1. The molecule has 0 saturated carbocycles. The van der Waals surface area contributed by atoms with Crippen LogP contribution in [0.4, 0.5) is 0 Å². The summed E-state index contributed by atoms with van der Waals surface area (Å²) in [7, 11) is 0. The molecule has 0 amide bonds. The Balaban J connectivity index is 1.55. The van der Waals surface area contributed by atoms with Crippen molar-refractivity contribution in [1.82, 2.24) is 4.90 Å². The Morgan fingerprint density at radius 2 is 1.37 bits per heavy atom. The van der Waals surface area contributed by atoms with Crippen molar-refractivity contribution in [1.29, 1.82) is 0 Å². The highest BCUT2D eigenvalue weighted by Crippen LogP contribution is 2.19. The first-order valence-electron chi connectivity index (χ1n) is 12.1. The average molecular weight is 478 g/mol.